The molecule has 31 heavy (non-hydrogen) atoms. The molecular formula is C20H21N3O7S. The molecule has 0 atom stereocenters. The molecule has 0 unspecified atom stereocenters. The molecule has 1 aliphatic rings. The third-order valence-electron chi connectivity index (χ3n) is 4.75. The molecule has 1 fully saturated rings. The number of hydrogen-bond donors (Lipinski definition) is 1. The van der Waals surface area contributed by atoms with Crippen molar-refractivity contribution in [3.8, 4) is 0 Å². The van der Waals surface area contributed by atoms with Crippen LogP contribution in [0.4, 0.5) is 11.4 Å². The summed E-state index contributed by atoms with van der Waals surface area (Å²) in [6.45, 7) is 0.330. The Morgan fingerprint density at radius 1 is 1.03 bits per heavy atom. The van der Waals surface area contributed by atoms with E-state index in [1.807, 2.05) is 0 Å². The van der Waals surface area contributed by atoms with Gasteiger partial charge in [-0.3, -0.25) is 14.9 Å². The first kappa shape index (κ1) is 22.4. The smallest absolute Gasteiger partial charge is 0.345 e. The number of benzene rings is 2. The fourth-order valence-electron chi connectivity index (χ4n) is 3.18. The Hall–Kier alpha value is -3.31. The van der Waals surface area contributed by atoms with Gasteiger partial charge in [0.1, 0.15) is 5.56 Å². The number of para-hydroxylation sites is 1. The van der Waals surface area contributed by atoms with Gasteiger partial charge in [0.15, 0.2) is 6.61 Å². The van der Waals surface area contributed by atoms with Crippen molar-refractivity contribution in [2.45, 2.75) is 24.2 Å². The zero-order valence-corrected chi connectivity index (χ0v) is 17.3. The van der Waals surface area contributed by atoms with Crippen LogP contribution >= 0.6 is 0 Å². The van der Waals surface area contributed by atoms with Crippen molar-refractivity contribution in [1.82, 2.24) is 4.31 Å². The predicted octanol–water partition coefficient (Wildman–Crippen LogP) is 2.56. The van der Waals surface area contributed by atoms with Gasteiger partial charge in [-0.05, 0) is 43.2 Å². The lowest BCUT2D eigenvalue weighted by Crippen LogP contribution is -2.35. The number of nitrogens with zero attached hydrogens (tertiary/aromatic N) is 2. The summed E-state index contributed by atoms with van der Waals surface area (Å²) in [7, 11) is -3.57. The summed E-state index contributed by atoms with van der Waals surface area (Å²) < 4.78 is 31.6. The van der Waals surface area contributed by atoms with Crippen LogP contribution < -0.4 is 5.32 Å². The molecule has 11 heteroatoms. The van der Waals surface area contributed by atoms with Gasteiger partial charge in [0.05, 0.1) is 9.82 Å². The van der Waals surface area contributed by atoms with Crippen LogP contribution in [0, 0.1) is 10.1 Å². The van der Waals surface area contributed by atoms with E-state index in [4.69, 9.17) is 4.74 Å². The van der Waals surface area contributed by atoms with Crippen LogP contribution in [-0.2, 0) is 19.6 Å². The molecule has 3 rings (SSSR count). The second-order valence-electron chi connectivity index (χ2n) is 6.89. The van der Waals surface area contributed by atoms with Gasteiger partial charge in [-0.15, -0.1) is 0 Å². The summed E-state index contributed by atoms with van der Waals surface area (Å²) in [5.41, 5.74) is -0.352. The number of hydrogen-bond acceptors (Lipinski definition) is 7. The molecule has 1 N–H and O–H groups in total. The molecule has 2 aromatic rings. The van der Waals surface area contributed by atoms with Crippen LogP contribution in [0.2, 0.25) is 0 Å². The van der Waals surface area contributed by atoms with Crippen molar-refractivity contribution < 1.29 is 27.7 Å². The second-order valence-corrected chi connectivity index (χ2v) is 8.83. The average molecular weight is 447 g/mol. The van der Waals surface area contributed by atoms with Crippen molar-refractivity contribution in [2.24, 2.45) is 0 Å². The summed E-state index contributed by atoms with van der Waals surface area (Å²) in [5.74, 6) is -1.66. The topological polar surface area (TPSA) is 136 Å². The van der Waals surface area contributed by atoms with E-state index in [1.165, 1.54) is 46.8 Å². The molecule has 0 saturated carbocycles. The van der Waals surface area contributed by atoms with Crippen LogP contribution in [0.25, 0.3) is 0 Å². The van der Waals surface area contributed by atoms with Gasteiger partial charge in [-0.2, -0.15) is 4.31 Å². The van der Waals surface area contributed by atoms with Crippen LogP contribution in [0.1, 0.15) is 29.6 Å². The van der Waals surface area contributed by atoms with E-state index in [0.29, 0.717) is 18.8 Å². The minimum absolute atomic E-state index is 0.134. The molecule has 2 aromatic carbocycles. The third-order valence-corrected chi connectivity index (χ3v) is 6.66. The van der Waals surface area contributed by atoms with Crippen molar-refractivity contribution in [1.29, 1.82) is 0 Å². The molecule has 1 aliphatic heterocycles. The first-order valence-corrected chi connectivity index (χ1v) is 11.0. The number of anilines is 1. The van der Waals surface area contributed by atoms with E-state index < -0.39 is 39.1 Å². The lowest BCUT2D eigenvalue weighted by molar-refractivity contribution is -0.385. The molecule has 0 spiro atoms. The van der Waals surface area contributed by atoms with E-state index in [0.717, 1.165) is 25.3 Å². The molecule has 0 radical (unpaired) electrons. The van der Waals surface area contributed by atoms with E-state index in [2.05, 4.69) is 5.32 Å². The number of nitro groups is 1. The van der Waals surface area contributed by atoms with Crippen molar-refractivity contribution in [3.05, 3.63) is 64.2 Å². The largest absolute Gasteiger partial charge is 0.452 e. The third kappa shape index (κ3) is 5.44. The lowest BCUT2D eigenvalue weighted by atomic mass is 10.2. The van der Waals surface area contributed by atoms with Crippen molar-refractivity contribution in [3.63, 3.8) is 0 Å². The number of rotatable bonds is 7. The monoisotopic (exact) mass is 447 g/mol. The van der Waals surface area contributed by atoms with Crippen molar-refractivity contribution in [2.75, 3.05) is 25.0 Å². The number of amides is 1. The molecule has 10 nitrogen and oxygen atoms in total. The van der Waals surface area contributed by atoms with Gasteiger partial charge in [-0.25, -0.2) is 13.2 Å². The van der Waals surface area contributed by atoms with E-state index in [9.17, 15) is 28.1 Å². The summed E-state index contributed by atoms with van der Waals surface area (Å²) >= 11 is 0. The van der Waals surface area contributed by atoms with Gasteiger partial charge in [-0.1, -0.05) is 18.6 Å². The van der Waals surface area contributed by atoms with Gasteiger partial charge >= 0.3 is 5.97 Å². The minimum Gasteiger partial charge on any atom is -0.452 e. The summed E-state index contributed by atoms with van der Waals surface area (Å²) in [5, 5.41) is 13.5. The number of sulfonamides is 1. The Bertz CT molecular complexity index is 1080. The maximum Gasteiger partial charge on any atom is 0.345 e. The molecule has 164 valence electrons. The highest BCUT2D eigenvalue weighted by molar-refractivity contribution is 7.89. The summed E-state index contributed by atoms with van der Waals surface area (Å²) in [6.07, 6.45) is 2.68. The number of nitrogens with one attached hydrogen (secondary N) is 1. The molecule has 1 saturated heterocycles. The van der Waals surface area contributed by atoms with E-state index in [-0.39, 0.29) is 10.5 Å². The highest BCUT2D eigenvalue weighted by Crippen LogP contribution is 2.22. The molecule has 1 amide bonds. The Morgan fingerprint density at radius 2 is 1.68 bits per heavy atom. The van der Waals surface area contributed by atoms with Crippen LogP contribution in [0.3, 0.4) is 0 Å². The maximum absolute atomic E-state index is 12.6. The van der Waals surface area contributed by atoms with Gasteiger partial charge in [0.25, 0.3) is 11.6 Å². The number of carbonyl (C=O) groups excluding carboxylic acids is 2. The minimum atomic E-state index is -3.57. The number of esters is 1. The van der Waals surface area contributed by atoms with Crippen LogP contribution in [0.5, 0.6) is 0 Å². The summed E-state index contributed by atoms with van der Waals surface area (Å²) in [6, 6.07) is 10.9. The quantitative estimate of drug-likeness (QED) is 0.391. The van der Waals surface area contributed by atoms with Gasteiger partial charge in [0.2, 0.25) is 10.0 Å². The molecule has 0 bridgehead atoms. The fraction of sp³-hybridized carbons (Fsp3) is 0.300. The first-order chi connectivity index (χ1) is 14.8. The van der Waals surface area contributed by atoms with Gasteiger partial charge < -0.3 is 10.1 Å². The zero-order chi connectivity index (χ0) is 22.4. The Balaban J connectivity index is 1.57. The normalized spacial score (nSPS) is 14.6. The number of piperidine rings is 1. The zero-order valence-electron chi connectivity index (χ0n) is 16.5. The molecule has 0 aliphatic carbocycles. The first-order valence-electron chi connectivity index (χ1n) is 9.59. The maximum atomic E-state index is 12.6. The highest BCUT2D eigenvalue weighted by Gasteiger charge is 2.26. The van der Waals surface area contributed by atoms with Crippen LogP contribution in [-0.4, -0.2) is 49.2 Å². The Kier molecular flexibility index (Phi) is 6.98. The summed E-state index contributed by atoms with van der Waals surface area (Å²) in [4.78, 5) is 34.5. The molecular weight excluding hydrogens is 426 g/mol. The predicted molar refractivity (Wildman–Crippen MR) is 111 cm³/mol. The fourth-order valence-corrected chi connectivity index (χ4v) is 4.69. The standard InChI is InChI=1S/C20H21N3O7S/c24-19(14-30-20(25)17-6-2-3-7-18(17)23(26)27)21-15-8-10-16(11-9-15)31(28,29)22-12-4-1-5-13-22/h2-3,6-11H,1,4-5,12-14H2,(H,21,24). The van der Waals surface area contributed by atoms with E-state index in [1.54, 1.807) is 0 Å². The molecule has 0 aromatic heterocycles. The van der Waals surface area contributed by atoms with Gasteiger partial charge in [0, 0.05) is 24.8 Å². The van der Waals surface area contributed by atoms with Crippen molar-refractivity contribution >= 4 is 33.3 Å². The lowest BCUT2D eigenvalue weighted by Gasteiger charge is -2.25. The average Bonchev–Trinajstić information content (AvgIpc) is 2.78. The number of nitro benzene ring substituents is 1. The number of ether oxygens (including phenoxy) is 1. The SMILES string of the molecule is O=C(COC(=O)c1ccccc1[N+](=O)[O-])Nc1ccc(S(=O)(=O)N2CCCCC2)cc1. The van der Waals surface area contributed by atoms with E-state index >= 15 is 0 Å². The van der Waals surface area contributed by atoms with Crippen LogP contribution in [0.15, 0.2) is 53.4 Å². The highest BCUT2D eigenvalue weighted by atomic mass is 32.2. The molecule has 1 heterocycles. The Morgan fingerprint density at radius 3 is 2.32 bits per heavy atom. The Labute approximate surface area is 179 Å². The second kappa shape index (κ2) is 9.67. The number of carbonyl (C=O) groups is 2.